The highest BCUT2D eigenvalue weighted by atomic mass is 19.4. The summed E-state index contributed by atoms with van der Waals surface area (Å²) >= 11 is 0. The summed E-state index contributed by atoms with van der Waals surface area (Å²) in [7, 11) is 1.56. The van der Waals surface area contributed by atoms with Gasteiger partial charge in [0, 0.05) is 19.2 Å². The number of methoxy groups -OCH3 is 1. The van der Waals surface area contributed by atoms with Gasteiger partial charge in [-0.05, 0) is 12.1 Å². The maximum absolute atomic E-state index is 12.6. The first-order valence-electron chi connectivity index (χ1n) is 6.26. The number of halogens is 3. The van der Waals surface area contributed by atoms with Crippen LogP contribution in [0.3, 0.4) is 0 Å². The van der Waals surface area contributed by atoms with E-state index in [1.165, 1.54) is 12.1 Å². The Balaban J connectivity index is 2.35. The molecule has 0 saturated heterocycles. The Labute approximate surface area is 119 Å². The van der Waals surface area contributed by atoms with Crippen LogP contribution < -0.4 is 5.73 Å². The number of hydrogen-bond acceptors (Lipinski definition) is 4. The molecule has 0 aliphatic rings. The molecule has 0 aliphatic heterocycles. The molecule has 2 rings (SSSR count). The number of alkyl halides is 3. The topological polar surface area (TPSA) is 66.0 Å². The van der Waals surface area contributed by atoms with Crippen LogP contribution in [0.2, 0.25) is 0 Å². The summed E-state index contributed by atoms with van der Waals surface area (Å²) < 4.78 is 44.4. The quantitative estimate of drug-likeness (QED) is 0.918. The van der Waals surface area contributed by atoms with Crippen LogP contribution in [-0.4, -0.2) is 28.5 Å². The fraction of sp³-hybridized carbons (Fsp3) is 0.385. The molecule has 2 N–H and O–H groups in total. The summed E-state index contributed by atoms with van der Waals surface area (Å²) in [6.07, 6.45) is -4.36. The van der Waals surface area contributed by atoms with E-state index in [9.17, 15) is 13.2 Å². The molecule has 5 nitrogen and oxygen atoms in total. The van der Waals surface area contributed by atoms with Crippen LogP contribution in [0, 0.1) is 0 Å². The van der Waals surface area contributed by atoms with Crippen LogP contribution in [0.15, 0.2) is 24.3 Å². The predicted octanol–water partition coefficient (Wildman–Crippen LogP) is 2.07. The molecule has 0 radical (unpaired) electrons. The van der Waals surface area contributed by atoms with Gasteiger partial charge in [0.25, 0.3) is 0 Å². The Morgan fingerprint density at radius 1 is 1.19 bits per heavy atom. The van der Waals surface area contributed by atoms with Gasteiger partial charge in [-0.3, -0.25) is 0 Å². The Bertz CT molecular complexity index is 592. The average Bonchev–Trinajstić information content (AvgIpc) is 2.87. The lowest BCUT2D eigenvalue weighted by atomic mass is 10.1. The minimum Gasteiger partial charge on any atom is -0.383 e. The summed E-state index contributed by atoms with van der Waals surface area (Å²) in [5.41, 5.74) is 5.43. The van der Waals surface area contributed by atoms with Crippen molar-refractivity contribution in [1.82, 2.24) is 14.8 Å². The molecule has 21 heavy (non-hydrogen) atoms. The van der Waals surface area contributed by atoms with E-state index in [1.54, 1.807) is 11.7 Å². The van der Waals surface area contributed by atoms with Gasteiger partial charge in [-0.1, -0.05) is 12.1 Å². The first kappa shape index (κ1) is 15.5. The highest BCUT2D eigenvalue weighted by Crippen LogP contribution is 2.30. The fourth-order valence-electron chi connectivity index (χ4n) is 1.93. The number of hydrogen-bond donors (Lipinski definition) is 1. The first-order chi connectivity index (χ1) is 9.97. The third kappa shape index (κ3) is 3.40. The van der Waals surface area contributed by atoms with E-state index in [4.69, 9.17) is 10.5 Å². The second-order valence-electron chi connectivity index (χ2n) is 4.36. The molecule has 0 saturated carbocycles. The largest absolute Gasteiger partial charge is 0.416 e. The Morgan fingerprint density at radius 2 is 1.86 bits per heavy atom. The lowest BCUT2D eigenvalue weighted by molar-refractivity contribution is -0.137. The molecule has 0 atom stereocenters. The van der Waals surface area contributed by atoms with Gasteiger partial charge in [-0.15, -0.1) is 10.2 Å². The third-order valence-electron chi connectivity index (χ3n) is 3.00. The zero-order valence-electron chi connectivity index (χ0n) is 11.4. The van der Waals surface area contributed by atoms with E-state index in [1.807, 2.05) is 0 Å². The second-order valence-corrected chi connectivity index (χ2v) is 4.36. The smallest absolute Gasteiger partial charge is 0.383 e. The molecule has 2 aromatic rings. The van der Waals surface area contributed by atoms with Crippen molar-refractivity contribution in [2.45, 2.75) is 19.3 Å². The van der Waals surface area contributed by atoms with Crippen molar-refractivity contribution >= 4 is 0 Å². The van der Waals surface area contributed by atoms with Gasteiger partial charge in [0.15, 0.2) is 5.82 Å². The highest BCUT2D eigenvalue weighted by molar-refractivity contribution is 5.56. The summed E-state index contributed by atoms with van der Waals surface area (Å²) in [5.74, 6) is 1.03. The normalized spacial score (nSPS) is 11.9. The number of rotatable bonds is 5. The molecule has 0 amide bonds. The summed E-state index contributed by atoms with van der Waals surface area (Å²) in [4.78, 5) is 0. The number of nitrogens with zero attached hydrogens (tertiary/aromatic N) is 3. The Kier molecular flexibility index (Phi) is 4.59. The lowest BCUT2D eigenvalue weighted by Gasteiger charge is -2.10. The van der Waals surface area contributed by atoms with Gasteiger partial charge >= 0.3 is 6.18 Å². The maximum atomic E-state index is 12.6. The van der Waals surface area contributed by atoms with Gasteiger partial charge in [-0.25, -0.2) is 0 Å². The van der Waals surface area contributed by atoms with Crippen molar-refractivity contribution in [2.24, 2.45) is 5.73 Å². The van der Waals surface area contributed by atoms with Crippen molar-refractivity contribution < 1.29 is 17.9 Å². The molecule has 0 spiro atoms. The van der Waals surface area contributed by atoms with Crippen molar-refractivity contribution in [3.05, 3.63) is 35.7 Å². The first-order valence-corrected chi connectivity index (χ1v) is 6.26. The third-order valence-corrected chi connectivity index (χ3v) is 3.00. The zero-order chi connectivity index (χ0) is 15.5. The number of benzene rings is 1. The van der Waals surface area contributed by atoms with E-state index >= 15 is 0 Å². The zero-order valence-corrected chi connectivity index (χ0v) is 11.4. The standard InChI is InChI=1S/C13H15F3N4O/c1-21-7-6-20-11(8-17)18-19-12(20)9-2-4-10(5-3-9)13(14,15)16/h2-5H,6-8,17H2,1H3. The molecule has 8 heteroatoms. The average molecular weight is 300 g/mol. The van der Waals surface area contributed by atoms with Gasteiger partial charge in [0.1, 0.15) is 5.82 Å². The molecule has 0 unspecified atom stereocenters. The minimum atomic E-state index is -4.36. The van der Waals surface area contributed by atoms with Gasteiger partial charge in [-0.2, -0.15) is 13.2 Å². The molecule has 1 heterocycles. The van der Waals surface area contributed by atoms with E-state index in [-0.39, 0.29) is 6.54 Å². The summed E-state index contributed by atoms with van der Waals surface area (Å²) in [5, 5.41) is 7.94. The Hall–Kier alpha value is -1.93. The van der Waals surface area contributed by atoms with Crippen molar-refractivity contribution in [3.8, 4) is 11.4 Å². The predicted molar refractivity (Wildman–Crippen MR) is 70.2 cm³/mol. The molecule has 0 aliphatic carbocycles. The van der Waals surface area contributed by atoms with E-state index in [0.29, 0.717) is 30.4 Å². The molecule has 0 fully saturated rings. The van der Waals surface area contributed by atoms with Crippen molar-refractivity contribution in [3.63, 3.8) is 0 Å². The van der Waals surface area contributed by atoms with Gasteiger partial charge in [0.05, 0.1) is 18.7 Å². The summed E-state index contributed by atoms with van der Waals surface area (Å²) in [6.45, 7) is 1.10. The van der Waals surface area contributed by atoms with Crippen LogP contribution in [0.1, 0.15) is 11.4 Å². The lowest BCUT2D eigenvalue weighted by Crippen LogP contribution is -2.13. The number of nitrogens with two attached hydrogens (primary N) is 1. The maximum Gasteiger partial charge on any atom is 0.416 e. The number of aromatic nitrogens is 3. The van der Waals surface area contributed by atoms with Gasteiger partial charge < -0.3 is 15.0 Å². The number of ether oxygens (including phenoxy) is 1. The monoisotopic (exact) mass is 300 g/mol. The van der Waals surface area contributed by atoms with Crippen LogP contribution >= 0.6 is 0 Å². The fourth-order valence-corrected chi connectivity index (χ4v) is 1.93. The minimum absolute atomic E-state index is 0.192. The molecule has 0 bridgehead atoms. The van der Waals surface area contributed by atoms with Crippen LogP contribution in [0.25, 0.3) is 11.4 Å². The van der Waals surface area contributed by atoms with Crippen molar-refractivity contribution in [1.29, 1.82) is 0 Å². The molecule has 114 valence electrons. The molecular weight excluding hydrogens is 285 g/mol. The van der Waals surface area contributed by atoms with Crippen LogP contribution in [0.4, 0.5) is 13.2 Å². The van der Waals surface area contributed by atoms with Gasteiger partial charge in [0.2, 0.25) is 0 Å². The van der Waals surface area contributed by atoms with Crippen LogP contribution in [0.5, 0.6) is 0 Å². The molecular formula is C13H15F3N4O. The SMILES string of the molecule is COCCn1c(CN)nnc1-c1ccc(C(F)(F)F)cc1. The Morgan fingerprint density at radius 3 is 2.38 bits per heavy atom. The molecule has 1 aromatic heterocycles. The second kappa shape index (κ2) is 6.23. The van der Waals surface area contributed by atoms with E-state index in [2.05, 4.69) is 10.2 Å². The molecule has 1 aromatic carbocycles. The van der Waals surface area contributed by atoms with Crippen LogP contribution in [-0.2, 0) is 24.0 Å². The van der Waals surface area contributed by atoms with E-state index in [0.717, 1.165) is 12.1 Å². The van der Waals surface area contributed by atoms with E-state index < -0.39 is 11.7 Å². The summed E-state index contributed by atoms with van der Waals surface area (Å²) in [6, 6.07) is 4.78. The van der Waals surface area contributed by atoms with Crippen molar-refractivity contribution in [2.75, 3.05) is 13.7 Å². The highest BCUT2D eigenvalue weighted by Gasteiger charge is 2.30.